The lowest BCUT2D eigenvalue weighted by Crippen LogP contribution is -2.41. The second kappa shape index (κ2) is 7.08. The lowest BCUT2D eigenvalue weighted by Gasteiger charge is -2.25. The Morgan fingerprint density at radius 2 is 2.29 bits per heavy atom. The number of hydrogen-bond donors (Lipinski definition) is 2. The van der Waals surface area contributed by atoms with Gasteiger partial charge in [0, 0.05) is 20.3 Å². The normalized spacial score (nSPS) is 16.7. The minimum atomic E-state index is -0.789. The summed E-state index contributed by atoms with van der Waals surface area (Å²) in [5, 5.41) is 5.51. The average molecular weight is 292 g/mol. The summed E-state index contributed by atoms with van der Waals surface area (Å²) in [5.41, 5.74) is 1.68. The van der Waals surface area contributed by atoms with Gasteiger partial charge in [0.15, 0.2) is 6.10 Å². The molecule has 0 radical (unpaired) electrons. The van der Waals surface area contributed by atoms with Crippen molar-refractivity contribution in [2.75, 3.05) is 25.6 Å². The zero-order valence-corrected chi connectivity index (χ0v) is 12.3. The summed E-state index contributed by atoms with van der Waals surface area (Å²) in [7, 11) is 1.61. The smallest absolute Gasteiger partial charge is 0.266 e. The molecule has 1 aromatic carbocycles. The van der Waals surface area contributed by atoms with E-state index in [0.29, 0.717) is 24.6 Å². The number of hydrogen-bond acceptors (Lipinski definition) is 4. The van der Waals surface area contributed by atoms with E-state index in [0.717, 1.165) is 12.0 Å². The number of rotatable bonds is 6. The van der Waals surface area contributed by atoms with Gasteiger partial charge in [-0.1, -0.05) is 6.07 Å². The molecule has 6 heteroatoms. The monoisotopic (exact) mass is 292 g/mol. The lowest BCUT2D eigenvalue weighted by molar-refractivity contribution is -0.130. The van der Waals surface area contributed by atoms with Crippen LogP contribution < -0.4 is 15.4 Å². The second-order valence-corrected chi connectivity index (χ2v) is 5.00. The molecule has 21 heavy (non-hydrogen) atoms. The van der Waals surface area contributed by atoms with Gasteiger partial charge in [-0.15, -0.1) is 0 Å². The number of carbonyl (C=O) groups is 2. The van der Waals surface area contributed by atoms with E-state index >= 15 is 0 Å². The Labute approximate surface area is 123 Å². The van der Waals surface area contributed by atoms with E-state index < -0.39 is 6.10 Å². The Hall–Kier alpha value is -2.08. The maximum atomic E-state index is 11.9. The third-order valence-corrected chi connectivity index (χ3v) is 3.17. The van der Waals surface area contributed by atoms with Crippen LogP contribution in [0.5, 0.6) is 5.75 Å². The van der Waals surface area contributed by atoms with E-state index in [1.807, 2.05) is 19.1 Å². The van der Waals surface area contributed by atoms with Crippen LogP contribution in [0, 0.1) is 6.92 Å². The summed E-state index contributed by atoms with van der Waals surface area (Å²) in [6.45, 7) is 3.05. The number of fused-ring (bicyclic) bond motifs is 1. The molecule has 0 saturated heterocycles. The van der Waals surface area contributed by atoms with Gasteiger partial charge in [-0.25, -0.2) is 0 Å². The van der Waals surface area contributed by atoms with Gasteiger partial charge in [0.1, 0.15) is 5.75 Å². The van der Waals surface area contributed by atoms with Crippen molar-refractivity contribution < 1.29 is 19.1 Å². The van der Waals surface area contributed by atoms with Crippen molar-refractivity contribution >= 4 is 17.5 Å². The fourth-order valence-corrected chi connectivity index (χ4v) is 2.08. The minimum absolute atomic E-state index is 0.00608. The number of amides is 2. The molecule has 0 saturated carbocycles. The van der Waals surface area contributed by atoms with Crippen molar-refractivity contribution in [2.24, 2.45) is 0 Å². The van der Waals surface area contributed by atoms with Crippen LogP contribution in [0.2, 0.25) is 0 Å². The number of ether oxygens (including phenoxy) is 2. The molecule has 1 atom stereocenters. The Balaban J connectivity index is 1.88. The fraction of sp³-hybridized carbons (Fsp3) is 0.467. The number of aryl methyl sites for hydroxylation is 1. The Morgan fingerprint density at radius 3 is 3.05 bits per heavy atom. The zero-order chi connectivity index (χ0) is 15.2. The highest BCUT2D eigenvalue weighted by atomic mass is 16.5. The van der Waals surface area contributed by atoms with Crippen LogP contribution in [0.1, 0.15) is 18.4 Å². The Morgan fingerprint density at radius 1 is 1.48 bits per heavy atom. The predicted octanol–water partition coefficient (Wildman–Crippen LogP) is 1.24. The highest BCUT2D eigenvalue weighted by Crippen LogP contribution is 2.30. The van der Waals surface area contributed by atoms with Crippen molar-refractivity contribution in [3.63, 3.8) is 0 Å². The quantitative estimate of drug-likeness (QED) is 0.773. The van der Waals surface area contributed by atoms with E-state index in [9.17, 15) is 9.59 Å². The van der Waals surface area contributed by atoms with Crippen molar-refractivity contribution in [1.82, 2.24) is 5.32 Å². The van der Waals surface area contributed by atoms with Crippen LogP contribution in [0.25, 0.3) is 0 Å². The third kappa shape index (κ3) is 4.19. The number of carbonyl (C=O) groups excluding carboxylic acids is 2. The van der Waals surface area contributed by atoms with Gasteiger partial charge in [-0.05, 0) is 31.0 Å². The maximum absolute atomic E-state index is 11.9. The van der Waals surface area contributed by atoms with Crippen LogP contribution in [-0.2, 0) is 14.3 Å². The molecule has 0 aliphatic carbocycles. The highest BCUT2D eigenvalue weighted by Gasteiger charge is 2.29. The van der Waals surface area contributed by atoms with Crippen LogP contribution in [0.3, 0.4) is 0 Å². The van der Waals surface area contributed by atoms with E-state index in [-0.39, 0.29) is 18.2 Å². The Bertz CT molecular complexity index is 530. The molecule has 6 nitrogen and oxygen atoms in total. The molecule has 1 aliphatic rings. The first kappa shape index (κ1) is 15.3. The molecule has 1 unspecified atom stereocenters. The molecule has 2 N–H and O–H groups in total. The summed E-state index contributed by atoms with van der Waals surface area (Å²) >= 11 is 0. The molecule has 1 heterocycles. The van der Waals surface area contributed by atoms with E-state index in [1.54, 1.807) is 13.2 Å². The summed E-state index contributed by atoms with van der Waals surface area (Å²) in [5.74, 6) is 0.0966. The largest absolute Gasteiger partial charge is 0.478 e. The summed E-state index contributed by atoms with van der Waals surface area (Å²) < 4.78 is 10.5. The minimum Gasteiger partial charge on any atom is -0.478 e. The zero-order valence-electron chi connectivity index (χ0n) is 12.3. The van der Waals surface area contributed by atoms with E-state index in [4.69, 9.17) is 9.47 Å². The number of methoxy groups -OCH3 is 1. The van der Waals surface area contributed by atoms with E-state index in [1.165, 1.54) is 0 Å². The molecular weight excluding hydrogens is 272 g/mol. The van der Waals surface area contributed by atoms with Gasteiger partial charge in [-0.2, -0.15) is 0 Å². The first-order valence-corrected chi connectivity index (χ1v) is 6.94. The topological polar surface area (TPSA) is 76.7 Å². The molecule has 2 amide bonds. The maximum Gasteiger partial charge on any atom is 0.266 e. The molecular formula is C15H20N2O4. The van der Waals surface area contributed by atoms with Gasteiger partial charge in [0.2, 0.25) is 5.91 Å². The number of anilines is 1. The van der Waals surface area contributed by atoms with Crippen molar-refractivity contribution in [3.8, 4) is 5.75 Å². The van der Waals surface area contributed by atoms with Crippen molar-refractivity contribution in [1.29, 1.82) is 0 Å². The number of nitrogens with one attached hydrogen (secondary N) is 2. The molecule has 1 aliphatic heterocycles. The van der Waals surface area contributed by atoms with Crippen LogP contribution in [0.15, 0.2) is 18.2 Å². The van der Waals surface area contributed by atoms with Gasteiger partial charge in [0.05, 0.1) is 12.1 Å². The first-order valence-electron chi connectivity index (χ1n) is 6.94. The van der Waals surface area contributed by atoms with Crippen LogP contribution >= 0.6 is 0 Å². The summed E-state index contributed by atoms with van der Waals surface area (Å²) in [4.78, 5) is 23.7. The van der Waals surface area contributed by atoms with Crippen molar-refractivity contribution in [2.45, 2.75) is 25.9 Å². The van der Waals surface area contributed by atoms with Crippen molar-refractivity contribution in [3.05, 3.63) is 23.8 Å². The molecule has 0 aromatic heterocycles. The highest BCUT2D eigenvalue weighted by molar-refractivity contribution is 6.00. The second-order valence-electron chi connectivity index (χ2n) is 5.00. The van der Waals surface area contributed by atoms with E-state index in [2.05, 4.69) is 10.6 Å². The first-order chi connectivity index (χ1) is 10.1. The summed E-state index contributed by atoms with van der Waals surface area (Å²) in [6.07, 6.45) is -0.0450. The lowest BCUT2D eigenvalue weighted by atomic mass is 10.1. The molecule has 1 aromatic rings. The van der Waals surface area contributed by atoms with Crippen LogP contribution in [0.4, 0.5) is 5.69 Å². The van der Waals surface area contributed by atoms with Gasteiger partial charge in [0.25, 0.3) is 5.91 Å². The predicted molar refractivity (Wildman–Crippen MR) is 78.3 cm³/mol. The van der Waals surface area contributed by atoms with Crippen LogP contribution in [-0.4, -0.2) is 38.2 Å². The average Bonchev–Trinajstić information content (AvgIpc) is 2.45. The SMILES string of the molecule is COCCCNC(=O)CC1Oc2ccc(C)cc2NC1=O. The molecule has 114 valence electrons. The standard InChI is InChI=1S/C15H20N2O4/c1-10-4-5-12-11(8-10)17-15(19)13(21-12)9-14(18)16-6-3-7-20-2/h4-5,8,13H,3,6-7,9H2,1-2H3,(H,16,18)(H,17,19). The third-order valence-electron chi connectivity index (χ3n) is 3.17. The Kier molecular flexibility index (Phi) is 5.16. The van der Waals surface area contributed by atoms with Gasteiger partial charge >= 0.3 is 0 Å². The summed E-state index contributed by atoms with van der Waals surface area (Å²) in [6, 6.07) is 5.54. The molecule has 0 fully saturated rings. The van der Waals surface area contributed by atoms with Gasteiger partial charge < -0.3 is 20.1 Å². The number of benzene rings is 1. The van der Waals surface area contributed by atoms with Gasteiger partial charge in [-0.3, -0.25) is 9.59 Å². The molecule has 0 bridgehead atoms. The molecule has 2 rings (SSSR count). The molecule has 0 spiro atoms. The fourth-order valence-electron chi connectivity index (χ4n) is 2.08.